The van der Waals surface area contributed by atoms with Gasteiger partial charge in [0.05, 0.1) is 0 Å². The fourth-order valence-electron chi connectivity index (χ4n) is 0.637. The first kappa shape index (κ1) is 9.87. The van der Waals surface area contributed by atoms with E-state index < -0.39 is 10.1 Å². The zero-order valence-electron chi connectivity index (χ0n) is 6.24. The number of rotatable bonds is 4. The van der Waals surface area contributed by atoms with Crippen LogP contribution in [0.5, 0.6) is 0 Å². The van der Waals surface area contributed by atoms with Gasteiger partial charge in [-0.25, -0.2) is 0 Å². The molecule has 0 aromatic rings. The largest absolute Gasteiger partial charge is 0.288 e. The smallest absolute Gasteiger partial charge is 0.278 e. The molecular formula is C5H13NO3S. The molecule has 0 heterocycles. The van der Waals surface area contributed by atoms with Crippen LogP contribution in [0.2, 0.25) is 0 Å². The first-order valence-corrected chi connectivity index (χ1v) is 4.78. The number of nitrogens with zero attached hydrogens (tertiary/aromatic N) is 1. The van der Waals surface area contributed by atoms with Crippen molar-refractivity contribution in [2.45, 2.75) is 13.8 Å². The molecule has 0 aliphatic carbocycles. The quantitative estimate of drug-likeness (QED) is 0.606. The van der Waals surface area contributed by atoms with Crippen LogP contribution in [0.25, 0.3) is 0 Å². The van der Waals surface area contributed by atoms with Crippen molar-refractivity contribution in [1.29, 1.82) is 0 Å². The molecule has 0 saturated heterocycles. The second kappa shape index (κ2) is 3.90. The van der Waals surface area contributed by atoms with Gasteiger partial charge in [0.2, 0.25) is 0 Å². The van der Waals surface area contributed by atoms with E-state index in [9.17, 15) is 8.42 Å². The van der Waals surface area contributed by atoms with Gasteiger partial charge in [-0.3, -0.25) is 9.45 Å². The summed E-state index contributed by atoms with van der Waals surface area (Å²) in [5, 5.41) is 0. The molecule has 0 fully saturated rings. The average molecular weight is 167 g/mol. The Morgan fingerprint density at radius 3 is 1.80 bits per heavy atom. The van der Waals surface area contributed by atoms with Crippen molar-refractivity contribution in [1.82, 2.24) is 4.90 Å². The van der Waals surface area contributed by atoms with Crippen molar-refractivity contribution >= 4 is 10.1 Å². The highest BCUT2D eigenvalue weighted by molar-refractivity contribution is 7.85. The Labute approximate surface area is 61.6 Å². The minimum absolute atomic E-state index is 0.264. The maximum atomic E-state index is 10.3. The Kier molecular flexibility index (Phi) is 3.85. The van der Waals surface area contributed by atoms with Crippen LogP contribution in [0.15, 0.2) is 0 Å². The molecule has 0 spiro atoms. The van der Waals surface area contributed by atoms with Gasteiger partial charge < -0.3 is 0 Å². The summed E-state index contributed by atoms with van der Waals surface area (Å²) < 4.78 is 28.9. The monoisotopic (exact) mass is 167 g/mol. The zero-order chi connectivity index (χ0) is 8.20. The van der Waals surface area contributed by atoms with Gasteiger partial charge in [-0.2, -0.15) is 8.42 Å². The lowest BCUT2D eigenvalue weighted by atomic mass is 10.6. The Morgan fingerprint density at radius 2 is 1.70 bits per heavy atom. The van der Waals surface area contributed by atoms with Gasteiger partial charge >= 0.3 is 0 Å². The molecule has 0 bridgehead atoms. The third kappa shape index (κ3) is 4.72. The minimum Gasteiger partial charge on any atom is -0.288 e. The first-order valence-electron chi connectivity index (χ1n) is 3.17. The van der Waals surface area contributed by atoms with Crippen molar-refractivity contribution in [2.24, 2.45) is 0 Å². The van der Waals surface area contributed by atoms with Crippen LogP contribution in [0.4, 0.5) is 0 Å². The molecule has 0 rings (SSSR count). The highest BCUT2D eigenvalue weighted by Crippen LogP contribution is 1.90. The van der Waals surface area contributed by atoms with Crippen LogP contribution in [0.1, 0.15) is 13.8 Å². The second-order valence-corrected chi connectivity index (χ2v) is 3.44. The second-order valence-electron chi connectivity index (χ2n) is 2.01. The zero-order valence-corrected chi connectivity index (χ0v) is 7.06. The summed E-state index contributed by atoms with van der Waals surface area (Å²) in [5.74, 6) is -0.264. The molecule has 1 N–H and O–H groups in total. The molecule has 0 aliphatic heterocycles. The van der Waals surface area contributed by atoms with Gasteiger partial charge in [0.1, 0.15) is 5.88 Å². The van der Waals surface area contributed by atoms with Gasteiger partial charge in [0.25, 0.3) is 10.1 Å². The summed E-state index contributed by atoms with van der Waals surface area (Å²) in [4.78, 5) is 1.62. The van der Waals surface area contributed by atoms with Crippen LogP contribution in [0.3, 0.4) is 0 Å². The van der Waals surface area contributed by atoms with E-state index in [0.717, 1.165) is 0 Å². The lowest BCUT2D eigenvalue weighted by Gasteiger charge is -2.14. The molecule has 0 aromatic heterocycles. The Morgan fingerprint density at radius 1 is 1.30 bits per heavy atom. The van der Waals surface area contributed by atoms with E-state index >= 15 is 0 Å². The summed E-state index contributed by atoms with van der Waals surface area (Å²) >= 11 is 0. The molecule has 0 radical (unpaired) electrons. The van der Waals surface area contributed by atoms with E-state index in [2.05, 4.69) is 0 Å². The van der Waals surface area contributed by atoms with Gasteiger partial charge in [-0.1, -0.05) is 13.8 Å². The molecule has 5 heteroatoms. The van der Waals surface area contributed by atoms with Crippen molar-refractivity contribution < 1.29 is 13.0 Å². The number of hydrogen-bond donors (Lipinski definition) is 1. The fourth-order valence-corrected chi connectivity index (χ4v) is 1.46. The van der Waals surface area contributed by atoms with E-state index in [-0.39, 0.29) is 5.88 Å². The van der Waals surface area contributed by atoms with Crippen molar-refractivity contribution in [2.75, 3.05) is 19.0 Å². The predicted octanol–water partition coefficient (Wildman–Crippen LogP) is 0.174. The first-order chi connectivity index (χ1) is 4.49. The Bertz CT molecular complexity index is 171. The van der Waals surface area contributed by atoms with Gasteiger partial charge in [-0.05, 0) is 13.1 Å². The summed E-state index contributed by atoms with van der Waals surface area (Å²) in [6.07, 6.45) is 0. The van der Waals surface area contributed by atoms with E-state index in [1.807, 2.05) is 13.8 Å². The minimum atomic E-state index is -3.82. The number of hydrogen-bond acceptors (Lipinski definition) is 3. The van der Waals surface area contributed by atoms with Crippen LogP contribution in [0, 0.1) is 0 Å². The predicted molar refractivity (Wildman–Crippen MR) is 39.3 cm³/mol. The third-order valence-corrected chi connectivity index (χ3v) is 1.93. The standard InChI is InChI=1S/C5H13NO3S/c1-3-6(4-2)5-10(7,8)9/h3-5H2,1-2H3,(H,7,8,9). The van der Waals surface area contributed by atoms with Crippen LogP contribution in [-0.2, 0) is 10.1 Å². The van der Waals surface area contributed by atoms with Crippen molar-refractivity contribution in [3.8, 4) is 0 Å². The lowest BCUT2D eigenvalue weighted by molar-refractivity contribution is 0.334. The molecule has 0 aromatic carbocycles. The lowest BCUT2D eigenvalue weighted by Crippen LogP contribution is -2.29. The van der Waals surface area contributed by atoms with Crippen molar-refractivity contribution in [3.63, 3.8) is 0 Å². The van der Waals surface area contributed by atoms with E-state index in [1.165, 1.54) is 0 Å². The summed E-state index contributed by atoms with van der Waals surface area (Å²) in [6, 6.07) is 0. The van der Waals surface area contributed by atoms with E-state index in [0.29, 0.717) is 13.1 Å². The molecule has 0 aliphatic rings. The molecule has 0 atom stereocenters. The van der Waals surface area contributed by atoms with E-state index in [1.54, 1.807) is 4.90 Å². The molecule has 0 amide bonds. The van der Waals surface area contributed by atoms with Crippen LogP contribution in [-0.4, -0.2) is 36.8 Å². The highest BCUT2D eigenvalue weighted by atomic mass is 32.2. The average Bonchev–Trinajstić information content (AvgIpc) is 1.81. The maximum absolute atomic E-state index is 10.3. The molecule has 10 heavy (non-hydrogen) atoms. The normalized spacial score (nSPS) is 12.4. The Hall–Kier alpha value is -0.130. The Balaban J connectivity index is 3.87. The topological polar surface area (TPSA) is 57.6 Å². The summed E-state index contributed by atoms with van der Waals surface area (Å²) in [6.45, 7) is 4.95. The summed E-state index contributed by atoms with van der Waals surface area (Å²) in [5.41, 5.74) is 0. The van der Waals surface area contributed by atoms with Gasteiger partial charge in [0.15, 0.2) is 0 Å². The molecule has 62 valence electrons. The fraction of sp³-hybridized carbons (Fsp3) is 1.00. The third-order valence-electron chi connectivity index (χ3n) is 1.24. The van der Waals surface area contributed by atoms with E-state index in [4.69, 9.17) is 4.55 Å². The van der Waals surface area contributed by atoms with Crippen molar-refractivity contribution in [3.05, 3.63) is 0 Å². The van der Waals surface area contributed by atoms with Gasteiger partial charge in [0, 0.05) is 0 Å². The molecule has 0 unspecified atom stereocenters. The van der Waals surface area contributed by atoms with Crippen LogP contribution >= 0.6 is 0 Å². The van der Waals surface area contributed by atoms with Gasteiger partial charge in [-0.15, -0.1) is 0 Å². The molecule has 4 nitrogen and oxygen atoms in total. The highest BCUT2D eigenvalue weighted by Gasteiger charge is 2.08. The van der Waals surface area contributed by atoms with Crippen LogP contribution < -0.4 is 0 Å². The SMILES string of the molecule is CCN(CC)CS(=O)(=O)O. The molecule has 0 saturated carbocycles. The molecular weight excluding hydrogens is 154 g/mol. The summed E-state index contributed by atoms with van der Waals surface area (Å²) in [7, 11) is -3.82. The maximum Gasteiger partial charge on any atom is 0.278 e.